The van der Waals surface area contributed by atoms with Crippen LogP contribution in [0.5, 0.6) is 0 Å². The van der Waals surface area contributed by atoms with Gasteiger partial charge in [-0.15, -0.1) is 12.4 Å². The van der Waals surface area contributed by atoms with Gasteiger partial charge >= 0.3 is 5.97 Å². The number of rotatable bonds is 1. The number of ether oxygens (including phenoxy) is 2. The number of hydrogen-bond acceptors (Lipinski definition) is 4. The van der Waals surface area contributed by atoms with E-state index >= 15 is 0 Å². The van der Waals surface area contributed by atoms with Crippen LogP contribution < -0.4 is 5.73 Å². The van der Waals surface area contributed by atoms with Gasteiger partial charge < -0.3 is 15.2 Å². The maximum Gasteiger partial charge on any atom is 0.328 e. The molecule has 0 radical (unpaired) electrons. The van der Waals surface area contributed by atoms with Crippen LogP contribution in [0.1, 0.15) is 12.8 Å². The van der Waals surface area contributed by atoms with E-state index in [1.807, 2.05) is 0 Å². The van der Waals surface area contributed by atoms with Crippen LogP contribution in [0, 0.1) is 0 Å². The molecule has 0 aromatic heterocycles. The van der Waals surface area contributed by atoms with Gasteiger partial charge in [0.1, 0.15) is 5.54 Å². The molecule has 1 atom stereocenters. The van der Waals surface area contributed by atoms with Crippen LogP contribution >= 0.6 is 12.4 Å². The molecule has 1 fully saturated rings. The van der Waals surface area contributed by atoms with Gasteiger partial charge in [-0.1, -0.05) is 0 Å². The maximum atomic E-state index is 11.1. The highest BCUT2D eigenvalue weighted by Gasteiger charge is 2.37. The zero-order chi connectivity index (χ0) is 8.32. The van der Waals surface area contributed by atoms with Crippen molar-refractivity contribution in [1.29, 1.82) is 0 Å². The lowest BCUT2D eigenvalue weighted by Crippen LogP contribution is -2.54. The molecule has 0 bridgehead atoms. The van der Waals surface area contributed by atoms with Crippen LogP contribution in [0.15, 0.2) is 0 Å². The molecule has 1 rings (SSSR count). The van der Waals surface area contributed by atoms with Crippen molar-refractivity contribution in [2.24, 2.45) is 5.73 Å². The monoisotopic (exact) mass is 195 g/mol. The largest absolute Gasteiger partial charge is 0.468 e. The van der Waals surface area contributed by atoms with Gasteiger partial charge in [0.15, 0.2) is 0 Å². The number of methoxy groups -OCH3 is 1. The van der Waals surface area contributed by atoms with Gasteiger partial charge in [-0.05, 0) is 12.8 Å². The standard InChI is InChI=1S/C7H13NO3.ClH/c1-10-6(9)7(8)3-2-4-11-5-7;/h2-5,8H2,1H3;1H. The Hall–Kier alpha value is -0.320. The molecule has 5 heteroatoms. The molecule has 2 N–H and O–H groups in total. The van der Waals surface area contributed by atoms with Crippen molar-refractivity contribution < 1.29 is 14.3 Å². The third-order valence-corrected chi connectivity index (χ3v) is 1.86. The van der Waals surface area contributed by atoms with Gasteiger partial charge in [0, 0.05) is 6.61 Å². The summed E-state index contributed by atoms with van der Waals surface area (Å²) in [5.41, 5.74) is 4.82. The van der Waals surface area contributed by atoms with E-state index < -0.39 is 5.54 Å². The summed E-state index contributed by atoms with van der Waals surface area (Å²) in [7, 11) is 1.34. The van der Waals surface area contributed by atoms with Gasteiger partial charge in [-0.25, -0.2) is 4.79 Å². The minimum atomic E-state index is -0.896. The summed E-state index contributed by atoms with van der Waals surface area (Å²) in [6.45, 7) is 0.968. The fourth-order valence-corrected chi connectivity index (χ4v) is 1.18. The second kappa shape index (κ2) is 4.64. The molecule has 1 saturated heterocycles. The highest BCUT2D eigenvalue weighted by atomic mass is 35.5. The van der Waals surface area contributed by atoms with E-state index in [0.717, 1.165) is 6.42 Å². The van der Waals surface area contributed by atoms with Gasteiger partial charge in [0.25, 0.3) is 0 Å². The first-order chi connectivity index (χ1) is 5.19. The number of carbonyl (C=O) groups excluding carboxylic acids is 1. The summed E-state index contributed by atoms with van der Waals surface area (Å²) in [6.07, 6.45) is 1.48. The van der Waals surface area contributed by atoms with Crippen LogP contribution in [0.2, 0.25) is 0 Å². The van der Waals surface area contributed by atoms with Crippen molar-refractivity contribution in [3.8, 4) is 0 Å². The molecule has 1 unspecified atom stereocenters. The predicted octanol–water partition coefficient (Wildman–Crippen LogP) is 0.0891. The SMILES string of the molecule is COC(=O)C1(N)CCCOC1.Cl. The predicted molar refractivity (Wildman–Crippen MR) is 46.2 cm³/mol. The van der Waals surface area contributed by atoms with Gasteiger partial charge in [0.2, 0.25) is 0 Å². The van der Waals surface area contributed by atoms with Crippen LogP contribution in [0.3, 0.4) is 0 Å². The van der Waals surface area contributed by atoms with Crippen molar-refractivity contribution in [2.45, 2.75) is 18.4 Å². The summed E-state index contributed by atoms with van der Waals surface area (Å²) in [5.74, 6) is -0.378. The lowest BCUT2D eigenvalue weighted by atomic mass is 9.94. The Morgan fingerprint density at radius 2 is 2.33 bits per heavy atom. The minimum Gasteiger partial charge on any atom is -0.468 e. The molecule has 0 spiro atoms. The normalized spacial score (nSPS) is 28.8. The average Bonchev–Trinajstić information content (AvgIpc) is 2.04. The lowest BCUT2D eigenvalue weighted by Gasteiger charge is -2.29. The smallest absolute Gasteiger partial charge is 0.328 e. The molecule has 12 heavy (non-hydrogen) atoms. The summed E-state index contributed by atoms with van der Waals surface area (Å²) in [4.78, 5) is 11.1. The molecule has 1 aliphatic heterocycles. The van der Waals surface area contributed by atoms with Gasteiger partial charge in [-0.3, -0.25) is 0 Å². The van der Waals surface area contributed by atoms with E-state index in [2.05, 4.69) is 4.74 Å². The molecule has 0 aromatic rings. The third kappa shape index (κ3) is 2.33. The van der Waals surface area contributed by atoms with Crippen LogP contribution in [0.4, 0.5) is 0 Å². The van der Waals surface area contributed by atoms with Crippen molar-refractivity contribution in [3.63, 3.8) is 0 Å². The molecule has 0 saturated carbocycles. The Balaban J connectivity index is 0.00000121. The fourth-order valence-electron chi connectivity index (χ4n) is 1.18. The van der Waals surface area contributed by atoms with Crippen molar-refractivity contribution in [2.75, 3.05) is 20.3 Å². The average molecular weight is 196 g/mol. The highest BCUT2D eigenvalue weighted by Crippen LogP contribution is 2.17. The van der Waals surface area contributed by atoms with E-state index in [-0.39, 0.29) is 25.0 Å². The van der Waals surface area contributed by atoms with E-state index in [4.69, 9.17) is 10.5 Å². The van der Waals surface area contributed by atoms with Crippen molar-refractivity contribution in [3.05, 3.63) is 0 Å². The molecule has 0 aromatic carbocycles. The molecule has 0 amide bonds. The number of nitrogens with two attached hydrogens (primary N) is 1. The third-order valence-electron chi connectivity index (χ3n) is 1.86. The molecule has 1 aliphatic rings. The summed E-state index contributed by atoms with van der Waals surface area (Å²) < 4.78 is 9.63. The van der Waals surface area contributed by atoms with Crippen LogP contribution in [-0.2, 0) is 14.3 Å². The number of esters is 1. The second-order valence-corrected chi connectivity index (χ2v) is 2.80. The van der Waals surface area contributed by atoms with Crippen molar-refractivity contribution in [1.82, 2.24) is 0 Å². The maximum absolute atomic E-state index is 11.1. The molecular formula is C7H14ClNO3. The van der Waals surface area contributed by atoms with Crippen LogP contribution in [-0.4, -0.2) is 31.8 Å². The Labute approximate surface area is 77.8 Å². The number of hydrogen-bond donors (Lipinski definition) is 1. The zero-order valence-corrected chi connectivity index (χ0v) is 7.86. The first-order valence-corrected chi connectivity index (χ1v) is 3.64. The highest BCUT2D eigenvalue weighted by molar-refractivity contribution is 5.85. The second-order valence-electron chi connectivity index (χ2n) is 2.80. The van der Waals surface area contributed by atoms with Gasteiger partial charge in [0.05, 0.1) is 13.7 Å². The fraction of sp³-hybridized carbons (Fsp3) is 0.857. The first kappa shape index (κ1) is 11.7. The summed E-state index contributed by atoms with van der Waals surface area (Å²) in [6, 6.07) is 0. The molecule has 0 aliphatic carbocycles. The van der Waals surface area contributed by atoms with E-state index in [9.17, 15) is 4.79 Å². The van der Waals surface area contributed by atoms with Crippen molar-refractivity contribution >= 4 is 18.4 Å². The number of halogens is 1. The quantitative estimate of drug-likeness (QED) is 0.603. The molecular weight excluding hydrogens is 182 g/mol. The van der Waals surface area contributed by atoms with E-state index in [1.54, 1.807) is 0 Å². The lowest BCUT2D eigenvalue weighted by molar-refractivity contribution is -0.152. The summed E-state index contributed by atoms with van der Waals surface area (Å²) in [5, 5.41) is 0. The molecule has 1 heterocycles. The van der Waals surface area contributed by atoms with Gasteiger partial charge in [-0.2, -0.15) is 0 Å². The van der Waals surface area contributed by atoms with E-state index in [1.165, 1.54) is 7.11 Å². The van der Waals surface area contributed by atoms with E-state index in [0.29, 0.717) is 13.0 Å². The zero-order valence-electron chi connectivity index (χ0n) is 7.04. The Bertz CT molecular complexity index is 157. The Morgan fingerprint density at radius 1 is 1.67 bits per heavy atom. The number of carbonyl (C=O) groups is 1. The topological polar surface area (TPSA) is 61.5 Å². The Morgan fingerprint density at radius 3 is 2.75 bits per heavy atom. The minimum absolute atomic E-state index is 0. The summed E-state index contributed by atoms with van der Waals surface area (Å²) >= 11 is 0. The van der Waals surface area contributed by atoms with Crippen LogP contribution in [0.25, 0.3) is 0 Å². The Kier molecular flexibility index (Phi) is 4.52. The first-order valence-electron chi connectivity index (χ1n) is 3.64. The molecule has 72 valence electrons. The molecule has 4 nitrogen and oxygen atoms in total.